The number of fused-ring (bicyclic) bond motifs is 5. The van der Waals surface area contributed by atoms with Gasteiger partial charge in [0.2, 0.25) is 0 Å². The summed E-state index contributed by atoms with van der Waals surface area (Å²) in [5.74, 6) is 0. The van der Waals surface area contributed by atoms with Crippen LogP contribution in [0.15, 0.2) is 497 Å². The highest BCUT2D eigenvalue weighted by atomic mass is 15.2. The van der Waals surface area contributed by atoms with E-state index in [1.165, 1.54) is 111 Å². The average molecular weight is 1570 g/mol. The lowest BCUT2D eigenvalue weighted by Crippen LogP contribution is -2.18. The van der Waals surface area contributed by atoms with Gasteiger partial charge in [0.1, 0.15) is 0 Å². The molecule has 0 spiro atoms. The second-order valence-corrected chi connectivity index (χ2v) is 32.0. The maximum atomic E-state index is 2.44. The minimum Gasteiger partial charge on any atom is -0.311 e. The van der Waals surface area contributed by atoms with Gasteiger partial charge < -0.3 is 19.6 Å². The molecule has 20 aromatic carbocycles. The molecule has 4 heteroatoms. The van der Waals surface area contributed by atoms with Gasteiger partial charge in [0.05, 0.1) is 11.4 Å². The van der Waals surface area contributed by atoms with Crippen LogP contribution in [0.1, 0.15) is 25.0 Å². The third kappa shape index (κ3) is 15.5. The van der Waals surface area contributed by atoms with Crippen LogP contribution in [-0.4, -0.2) is 0 Å². The summed E-state index contributed by atoms with van der Waals surface area (Å²) in [6, 6.07) is 180. The Morgan fingerprint density at radius 1 is 0.146 bits per heavy atom. The van der Waals surface area contributed by atoms with E-state index in [0.717, 1.165) is 79.4 Å². The summed E-state index contributed by atoms with van der Waals surface area (Å²) in [7, 11) is 0. The third-order valence-corrected chi connectivity index (χ3v) is 24.2. The summed E-state index contributed by atoms with van der Waals surface area (Å²) in [6.07, 6.45) is 0. The molecule has 584 valence electrons. The first-order chi connectivity index (χ1) is 60.7. The van der Waals surface area contributed by atoms with Gasteiger partial charge in [-0.3, -0.25) is 0 Å². The van der Waals surface area contributed by atoms with E-state index < -0.39 is 0 Å². The highest BCUT2D eigenvalue weighted by molar-refractivity contribution is 6.02. The van der Waals surface area contributed by atoms with Gasteiger partial charge in [-0.1, -0.05) is 378 Å². The first kappa shape index (κ1) is 75.8. The molecule has 20 aromatic rings. The maximum absolute atomic E-state index is 2.44. The molecule has 4 nitrogen and oxygen atoms in total. The van der Waals surface area contributed by atoms with E-state index in [4.69, 9.17) is 0 Å². The predicted molar refractivity (Wildman–Crippen MR) is 522 cm³/mol. The van der Waals surface area contributed by atoms with E-state index in [-0.39, 0.29) is 5.41 Å². The Balaban J connectivity index is 0.000000156. The van der Waals surface area contributed by atoms with E-state index in [1.54, 1.807) is 0 Å². The third-order valence-electron chi connectivity index (χ3n) is 24.2. The Bertz CT molecular complexity index is 6420. The lowest BCUT2D eigenvalue weighted by Gasteiger charge is -2.30. The lowest BCUT2D eigenvalue weighted by molar-refractivity contribution is 0.660. The second kappa shape index (κ2) is 33.9. The molecule has 1 aliphatic carbocycles. The topological polar surface area (TPSA) is 13.0 Å². The average Bonchev–Trinajstić information content (AvgIpc) is 1.56. The first-order valence-electron chi connectivity index (χ1n) is 42.3. The highest BCUT2D eigenvalue weighted by Gasteiger charge is 2.37. The maximum Gasteiger partial charge on any atom is 0.0540 e. The fraction of sp³-hybridized carbons (Fsp3) is 0.0252. The SMILES string of the molecule is CC1(C)c2cc(N(c3ccc(-c4ccccc4)cc3)c3cccc4ccccc34)ccc2-c2ccc(N(c3ccc(-c4ccccc4)cc3)c3cccc4ccccc34)cc21.c1ccc(-c2ccc(N(c3ccc(-c4ccccc4)cc3)c3ccc(-c4ccc(N(c5ccc(-c6ccccc6)cc5)c5ccc(-c6ccccc6)cc5)cc4)cc3)cc2)cc1. The summed E-state index contributed by atoms with van der Waals surface area (Å²) in [6.45, 7) is 4.78. The zero-order valence-corrected chi connectivity index (χ0v) is 68.6. The van der Waals surface area contributed by atoms with Gasteiger partial charge in [-0.05, 0) is 244 Å². The fourth-order valence-corrected chi connectivity index (χ4v) is 17.8. The van der Waals surface area contributed by atoms with Gasteiger partial charge in [-0.25, -0.2) is 0 Å². The van der Waals surface area contributed by atoms with Crippen LogP contribution < -0.4 is 19.6 Å². The highest BCUT2D eigenvalue weighted by Crippen LogP contribution is 2.54. The molecule has 0 amide bonds. The molecular formula is C119H88N4. The van der Waals surface area contributed by atoms with Crippen molar-refractivity contribution in [3.63, 3.8) is 0 Å². The minimum atomic E-state index is -0.264. The molecular weight excluding hydrogens is 1490 g/mol. The van der Waals surface area contributed by atoms with Crippen LogP contribution >= 0.6 is 0 Å². The smallest absolute Gasteiger partial charge is 0.0540 e. The molecule has 1 aliphatic rings. The van der Waals surface area contributed by atoms with E-state index >= 15 is 0 Å². The van der Waals surface area contributed by atoms with Crippen molar-refractivity contribution in [2.75, 3.05) is 19.6 Å². The van der Waals surface area contributed by atoms with Gasteiger partial charge >= 0.3 is 0 Å². The molecule has 0 saturated heterocycles. The Morgan fingerprint density at radius 3 is 0.553 bits per heavy atom. The Labute approximate surface area is 721 Å². The number of nitrogens with zero attached hydrogens (tertiary/aromatic N) is 4. The van der Waals surface area contributed by atoms with Crippen LogP contribution in [0.3, 0.4) is 0 Å². The van der Waals surface area contributed by atoms with Crippen LogP contribution in [0.2, 0.25) is 0 Å². The number of benzene rings is 20. The monoisotopic (exact) mass is 1570 g/mol. The van der Waals surface area contributed by atoms with E-state index in [2.05, 4.69) is 531 Å². The van der Waals surface area contributed by atoms with Crippen molar-refractivity contribution in [1.29, 1.82) is 0 Å². The predicted octanol–water partition coefficient (Wildman–Crippen LogP) is 33.5. The van der Waals surface area contributed by atoms with Crippen molar-refractivity contribution in [2.45, 2.75) is 19.3 Å². The summed E-state index contributed by atoms with van der Waals surface area (Å²) in [5.41, 5.74) is 35.1. The van der Waals surface area contributed by atoms with Crippen LogP contribution in [0.4, 0.5) is 68.2 Å². The van der Waals surface area contributed by atoms with Crippen LogP contribution in [0.25, 0.3) is 111 Å². The molecule has 0 aromatic heterocycles. The molecule has 0 N–H and O–H groups in total. The molecule has 0 aliphatic heterocycles. The van der Waals surface area contributed by atoms with Crippen molar-refractivity contribution in [2.24, 2.45) is 0 Å². The van der Waals surface area contributed by atoms with Crippen molar-refractivity contribution in [3.05, 3.63) is 509 Å². The normalized spacial score (nSPS) is 11.7. The summed E-state index contributed by atoms with van der Waals surface area (Å²) in [4.78, 5) is 9.54. The van der Waals surface area contributed by atoms with Crippen molar-refractivity contribution < 1.29 is 0 Å². The minimum absolute atomic E-state index is 0.264. The van der Waals surface area contributed by atoms with E-state index in [9.17, 15) is 0 Å². The number of hydrogen-bond donors (Lipinski definition) is 0. The molecule has 0 fully saturated rings. The van der Waals surface area contributed by atoms with Gasteiger partial charge in [0.15, 0.2) is 0 Å². The largest absolute Gasteiger partial charge is 0.311 e. The number of hydrogen-bond acceptors (Lipinski definition) is 4. The zero-order chi connectivity index (χ0) is 82.4. The summed E-state index contributed by atoms with van der Waals surface area (Å²) < 4.78 is 0. The van der Waals surface area contributed by atoms with Crippen molar-refractivity contribution in [3.8, 4) is 89.0 Å². The number of rotatable bonds is 19. The fourth-order valence-electron chi connectivity index (χ4n) is 17.8. The number of anilines is 12. The van der Waals surface area contributed by atoms with Gasteiger partial charge in [0, 0.05) is 73.1 Å². The first-order valence-corrected chi connectivity index (χ1v) is 42.3. The molecule has 0 bridgehead atoms. The lowest BCUT2D eigenvalue weighted by atomic mass is 9.82. The molecule has 0 atom stereocenters. The van der Waals surface area contributed by atoms with Crippen LogP contribution in [0, 0.1) is 0 Å². The molecule has 0 saturated carbocycles. The van der Waals surface area contributed by atoms with Crippen LogP contribution in [0.5, 0.6) is 0 Å². The molecule has 123 heavy (non-hydrogen) atoms. The second-order valence-electron chi connectivity index (χ2n) is 32.0. The van der Waals surface area contributed by atoms with Crippen molar-refractivity contribution >= 4 is 89.8 Å². The van der Waals surface area contributed by atoms with Gasteiger partial charge in [0.25, 0.3) is 0 Å². The Morgan fingerprint density at radius 2 is 0.325 bits per heavy atom. The van der Waals surface area contributed by atoms with Crippen molar-refractivity contribution in [1.82, 2.24) is 0 Å². The molecule has 0 heterocycles. The molecule has 0 unspecified atom stereocenters. The summed E-state index contributed by atoms with van der Waals surface area (Å²) >= 11 is 0. The summed E-state index contributed by atoms with van der Waals surface area (Å²) in [5, 5.41) is 4.88. The molecule has 0 radical (unpaired) electrons. The zero-order valence-electron chi connectivity index (χ0n) is 68.6. The molecule has 21 rings (SSSR count). The Kier molecular flexibility index (Phi) is 20.9. The quantitative estimate of drug-likeness (QED) is 0.0800. The van der Waals surface area contributed by atoms with E-state index in [0.29, 0.717) is 0 Å². The van der Waals surface area contributed by atoms with Gasteiger partial charge in [-0.15, -0.1) is 0 Å². The Hall–Kier alpha value is -15.9. The van der Waals surface area contributed by atoms with Crippen LogP contribution in [-0.2, 0) is 5.41 Å². The van der Waals surface area contributed by atoms with Gasteiger partial charge in [-0.2, -0.15) is 0 Å². The van der Waals surface area contributed by atoms with E-state index in [1.807, 2.05) is 0 Å². The standard InChI is InChI=1S/C60H44N2.C59H44N2/c1-5-13-45(14-6-1)49-21-33-55(34-22-49)61(56-35-23-50(24-36-56)46-15-7-2-8-16-46)59-41-29-53(30-42-59)54-31-43-60(44-32-54)62(57-37-25-51(26-38-57)47-17-9-3-10-18-47)58-39-27-52(28-40-58)48-19-11-4-12-20-48;1-59(2)55-39-49(60(57-25-13-21-45-19-9-11-23-51(45)57)47-31-27-43(28-32-47)41-15-5-3-6-16-41)35-37-53(55)54-38-36-50(40-56(54)59)61(58-26-14-22-46-20-10-12-24-52(46)58)48-33-29-44(30-34-48)42-17-7-4-8-18-42/h1-44H;3-40H,1-2H3.